The molecule has 1 heterocycles. The zero-order chi connectivity index (χ0) is 18.8. The lowest BCUT2D eigenvalue weighted by atomic mass is 10.1. The smallest absolute Gasteiger partial charge is 0.251 e. The predicted octanol–water partition coefficient (Wildman–Crippen LogP) is 4.72. The zero-order valence-corrected chi connectivity index (χ0v) is 15.5. The molecule has 140 valence electrons. The Hall–Kier alpha value is -2.95. The van der Waals surface area contributed by atoms with Crippen LogP contribution in [-0.2, 0) is 0 Å². The highest BCUT2D eigenvalue weighted by Crippen LogP contribution is 2.31. The summed E-state index contributed by atoms with van der Waals surface area (Å²) in [5.74, 6) is 2.72. The topological polar surface area (TPSA) is 60.7 Å². The summed E-state index contributed by atoms with van der Waals surface area (Å²) in [5, 5.41) is 3.92. The van der Waals surface area contributed by atoms with E-state index in [9.17, 15) is 4.79 Å². The molecule has 5 nitrogen and oxygen atoms in total. The van der Waals surface area contributed by atoms with Gasteiger partial charge in [-0.25, -0.2) is 0 Å². The highest BCUT2D eigenvalue weighted by molar-refractivity contribution is 5.94. The molecule has 4 rings (SSSR count). The van der Waals surface area contributed by atoms with Crippen molar-refractivity contribution >= 4 is 16.9 Å². The molecule has 1 N–H and O–H groups in total. The second-order valence-electron chi connectivity index (χ2n) is 7.00. The van der Waals surface area contributed by atoms with Crippen LogP contribution in [0.15, 0.2) is 52.9 Å². The summed E-state index contributed by atoms with van der Waals surface area (Å²) in [5.41, 5.74) is 1.28. The van der Waals surface area contributed by atoms with Crippen molar-refractivity contribution in [3.8, 4) is 11.5 Å². The molecule has 1 saturated carbocycles. The first-order valence-corrected chi connectivity index (χ1v) is 9.24. The molecule has 1 atom stereocenters. The van der Waals surface area contributed by atoms with E-state index in [1.807, 2.05) is 43.3 Å². The Kier molecular flexibility index (Phi) is 4.75. The molecule has 0 saturated heterocycles. The van der Waals surface area contributed by atoms with Gasteiger partial charge < -0.3 is 19.2 Å². The lowest BCUT2D eigenvalue weighted by Gasteiger charge is -2.12. The van der Waals surface area contributed by atoms with Crippen molar-refractivity contribution in [1.82, 2.24) is 5.32 Å². The van der Waals surface area contributed by atoms with Crippen molar-refractivity contribution in [2.75, 3.05) is 13.7 Å². The Labute approximate surface area is 158 Å². The number of rotatable bonds is 7. The number of benzene rings is 2. The summed E-state index contributed by atoms with van der Waals surface area (Å²) < 4.78 is 16.9. The van der Waals surface area contributed by atoms with Crippen LogP contribution >= 0.6 is 0 Å². The number of hydrogen-bond acceptors (Lipinski definition) is 4. The summed E-state index contributed by atoms with van der Waals surface area (Å²) in [6.45, 7) is 2.66. The van der Waals surface area contributed by atoms with E-state index < -0.39 is 0 Å². The van der Waals surface area contributed by atoms with Crippen LogP contribution in [0.25, 0.3) is 11.0 Å². The van der Waals surface area contributed by atoms with Crippen molar-refractivity contribution in [3.63, 3.8) is 0 Å². The van der Waals surface area contributed by atoms with Gasteiger partial charge in [0.15, 0.2) is 11.3 Å². The maximum Gasteiger partial charge on any atom is 0.251 e. The van der Waals surface area contributed by atoms with Crippen LogP contribution in [0.4, 0.5) is 0 Å². The molecule has 1 aromatic heterocycles. The third-order valence-corrected chi connectivity index (χ3v) is 4.82. The molecular formula is C22H23NO4. The number of carbonyl (C=O) groups is 1. The van der Waals surface area contributed by atoms with Crippen LogP contribution in [0.5, 0.6) is 11.5 Å². The second kappa shape index (κ2) is 7.35. The van der Waals surface area contributed by atoms with Crippen LogP contribution in [0.3, 0.4) is 0 Å². The minimum absolute atomic E-state index is 0.149. The van der Waals surface area contributed by atoms with Gasteiger partial charge >= 0.3 is 0 Å². The third kappa shape index (κ3) is 3.92. The first-order chi connectivity index (χ1) is 13.1. The lowest BCUT2D eigenvalue weighted by molar-refractivity contribution is 0.0935. The van der Waals surface area contributed by atoms with Gasteiger partial charge in [-0.05, 0) is 62.1 Å². The van der Waals surface area contributed by atoms with Gasteiger partial charge in [-0.15, -0.1) is 0 Å². The van der Waals surface area contributed by atoms with Crippen molar-refractivity contribution in [1.29, 1.82) is 0 Å². The number of amides is 1. The standard InChI is InChI=1S/C22H23NO4/c1-14(20-12-17-4-3-5-19(25-2)21(17)27-20)23-22(24)16-8-10-18(11-9-16)26-13-15-6-7-15/h3-5,8-12,14-15H,6-7,13H2,1-2H3,(H,23,24). The Morgan fingerprint density at radius 1 is 1.22 bits per heavy atom. The Bertz CT molecular complexity index is 941. The number of hydrogen-bond donors (Lipinski definition) is 1. The minimum Gasteiger partial charge on any atom is -0.493 e. The summed E-state index contributed by atoms with van der Waals surface area (Å²) in [6.07, 6.45) is 2.51. The fourth-order valence-corrected chi connectivity index (χ4v) is 2.98. The van der Waals surface area contributed by atoms with Crippen LogP contribution in [0.2, 0.25) is 0 Å². The summed E-state index contributed by atoms with van der Waals surface area (Å²) in [7, 11) is 1.61. The van der Waals surface area contributed by atoms with Gasteiger partial charge in [0.2, 0.25) is 0 Å². The van der Waals surface area contributed by atoms with Crippen molar-refractivity contribution in [2.45, 2.75) is 25.8 Å². The van der Waals surface area contributed by atoms with E-state index in [4.69, 9.17) is 13.9 Å². The lowest BCUT2D eigenvalue weighted by Crippen LogP contribution is -2.26. The first-order valence-electron chi connectivity index (χ1n) is 9.24. The van der Waals surface area contributed by atoms with Gasteiger partial charge in [-0.3, -0.25) is 4.79 Å². The molecule has 1 unspecified atom stereocenters. The molecule has 1 aliphatic carbocycles. The number of carbonyl (C=O) groups excluding carboxylic acids is 1. The van der Waals surface area contributed by atoms with E-state index in [1.165, 1.54) is 12.8 Å². The molecule has 1 amide bonds. The average molecular weight is 365 g/mol. The molecular weight excluding hydrogens is 342 g/mol. The highest BCUT2D eigenvalue weighted by Gasteiger charge is 2.22. The van der Waals surface area contributed by atoms with Crippen LogP contribution in [0.1, 0.15) is 41.9 Å². The molecule has 5 heteroatoms. The molecule has 1 aliphatic rings. The monoisotopic (exact) mass is 365 g/mol. The Balaban J connectivity index is 1.42. The number of para-hydroxylation sites is 1. The SMILES string of the molecule is COc1cccc2cc(C(C)NC(=O)c3ccc(OCC4CC4)cc3)oc12. The van der Waals surface area contributed by atoms with E-state index in [2.05, 4.69) is 5.32 Å². The van der Waals surface area contributed by atoms with Gasteiger partial charge in [-0.2, -0.15) is 0 Å². The van der Waals surface area contributed by atoms with E-state index in [1.54, 1.807) is 19.2 Å². The zero-order valence-electron chi connectivity index (χ0n) is 15.5. The molecule has 0 radical (unpaired) electrons. The molecule has 2 aromatic carbocycles. The molecule has 1 fully saturated rings. The van der Waals surface area contributed by atoms with Gasteiger partial charge in [-0.1, -0.05) is 12.1 Å². The predicted molar refractivity (Wildman–Crippen MR) is 103 cm³/mol. The number of furan rings is 1. The molecule has 0 aliphatic heterocycles. The molecule has 0 spiro atoms. The van der Waals surface area contributed by atoms with Gasteiger partial charge in [0, 0.05) is 10.9 Å². The van der Waals surface area contributed by atoms with E-state index in [-0.39, 0.29) is 11.9 Å². The maximum absolute atomic E-state index is 12.5. The molecule has 0 bridgehead atoms. The normalized spacial score (nSPS) is 14.7. The number of methoxy groups -OCH3 is 1. The fraction of sp³-hybridized carbons (Fsp3) is 0.318. The van der Waals surface area contributed by atoms with E-state index in [0.717, 1.165) is 17.7 Å². The van der Waals surface area contributed by atoms with Crippen LogP contribution in [0, 0.1) is 5.92 Å². The summed E-state index contributed by atoms with van der Waals surface area (Å²) in [6, 6.07) is 14.6. The summed E-state index contributed by atoms with van der Waals surface area (Å²) >= 11 is 0. The van der Waals surface area contributed by atoms with Gasteiger partial charge in [0.1, 0.15) is 11.5 Å². The van der Waals surface area contributed by atoms with Crippen molar-refractivity contribution < 1.29 is 18.7 Å². The number of nitrogens with one attached hydrogen (secondary N) is 1. The average Bonchev–Trinajstić information content (AvgIpc) is 3.41. The van der Waals surface area contributed by atoms with Crippen molar-refractivity contribution in [3.05, 3.63) is 59.9 Å². The van der Waals surface area contributed by atoms with Gasteiger partial charge in [0.05, 0.1) is 19.8 Å². The molecule has 3 aromatic rings. The second-order valence-corrected chi connectivity index (χ2v) is 7.00. The fourth-order valence-electron chi connectivity index (χ4n) is 2.98. The van der Waals surface area contributed by atoms with E-state index >= 15 is 0 Å². The highest BCUT2D eigenvalue weighted by atomic mass is 16.5. The van der Waals surface area contributed by atoms with Crippen LogP contribution in [-0.4, -0.2) is 19.6 Å². The Morgan fingerprint density at radius 2 is 2.00 bits per heavy atom. The third-order valence-electron chi connectivity index (χ3n) is 4.82. The largest absolute Gasteiger partial charge is 0.493 e. The number of fused-ring (bicyclic) bond motifs is 1. The molecule has 27 heavy (non-hydrogen) atoms. The number of ether oxygens (including phenoxy) is 2. The quantitative estimate of drug-likeness (QED) is 0.658. The Morgan fingerprint density at radius 3 is 2.70 bits per heavy atom. The maximum atomic E-state index is 12.5. The van der Waals surface area contributed by atoms with Gasteiger partial charge in [0.25, 0.3) is 5.91 Å². The van der Waals surface area contributed by atoms with E-state index in [0.29, 0.717) is 28.6 Å². The van der Waals surface area contributed by atoms with Crippen molar-refractivity contribution in [2.24, 2.45) is 5.92 Å². The summed E-state index contributed by atoms with van der Waals surface area (Å²) in [4.78, 5) is 12.5. The first kappa shape index (κ1) is 17.5. The minimum atomic E-state index is -0.264. The van der Waals surface area contributed by atoms with Crippen LogP contribution < -0.4 is 14.8 Å².